The molecule has 0 saturated carbocycles. The lowest BCUT2D eigenvalue weighted by molar-refractivity contribution is 0.601. The average molecular weight is 225 g/mol. The van der Waals surface area contributed by atoms with Gasteiger partial charge in [0.25, 0.3) is 0 Å². The second-order valence-electron chi connectivity index (χ2n) is 4.28. The predicted octanol–water partition coefficient (Wildman–Crippen LogP) is 2.15. The maximum atomic E-state index is 4.47. The van der Waals surface area contributed by atoms with E-state index in [1.807, 2.05) is 23.5 Å². The second-order valence-corrected chi connectivity index (χ2v) is 5.83. The first-order valence-corrected chi connectivity index (χ1v) is 6.43. The van der Waals surface area contributed by atoms with E-state index in [9.17, 15) is 0 Å². The fraction of sp³-hybridized carbons (Fsp3) is 0.727. The number of aromatic nitrogens is 2. The first-order valence-electron chi connectivity index (χ1n) is 5.48. The fourth-order valence-corrected chi connectivity index (χ4v) is 3.52. The van der Waals surface area contributed by atoms with Crippen molar-refractivity contribution in [1.29, 1.82) is 0 Å². The molecule has 0 amide bonds. The third-order valence-corrected chi connectivity index (χ3v) is 4.45. The molecule has 1 N–H and O–H groups in total. The standard InChI is InChI=1S/C11H19N3S/c1-7-5-6-12-11(15-7)10-8(2)13-14(4)9(10)3/h7,11-12H,5-6H2,1-4H3. The van der Waals surface area contributed by atoms with Gasteiger partial charge in [-0.2, -0.15) is 5.10 Å². The van der Waals surface area contributed by atoms with E-state index in [1.54, 1.807) is 0 Å². The Balaban J connectivity index is 2.28. The molecule has 1 aromatic rings. The molecule has 2 heterocycles. The molecule has 1 aromatic heterocycles. The Labute approximate surface area is 95.6 Å². The van der Waals surface area contributed by atoms with Gasteiger partial charge in [-0.1, -0.05) is 6.92 Å². The van der Waals surface area contributed by atoms with Crippen LogP contribution in [0.4, 0.5) is 0 Å². The van der Waals surface area contributed by atoms with E-state index < -0.39 is 0 Å². The van der Waals surface area contributed by atoms with E-state index in [4.69, 9.17) is 0 Å². The molecule has 0 bridgehead atoms. The summed E-state index contributed by atoms with van der Waals surface area (Å²) in [4.78, 5) is 0. The fourth-order valence-electron chi connectivity index (χ4n) is 2.11. The monoisotopic (exact) mass is 225 g/mol. The topological polar surface area (TPSA) is 29.9 Å². The number of hydrogen-bond acceptors (Lipinski definition) is 3. The van der Waals surface area contributed by atoms with Crippen LogP contribution in [-0.4, -0.2) is 21.6 Å². The van der Waals surface area contributed by atoms with Crippen LogP contribution in [0.5, 0.6) is 0 Å². The van der Waals surface area contributed by atoms with Crippen LogP contribution in [0.15, 0.2) is 0 Å². The van der Waals surface area contributed by atoms with Crippen LogP contribution in [-0.2, 0) is 7.05 Å². The van der Waals surface area contributed by atoms with E-state index in [2.05, 4.69) is 31.2 Å². The average Bonchev–Trinajstić information content (AvgIpc) is 2.41. The molecule has 1 aliphatic rings. The van der Waals surface area contributed by atoms with Gasteiger partial charge < -0.3 is 5.32 Å². The van der Waals surface area contributed by atoms with Gasteiger partial charge in [0.15, 0.2) is 0 Å². The van der Waals surface area contributed by atoms with Gasteiger partial charge in [-0.3, -0.25) is 4.68 Å². The lowest BCUT2D eigenvalue weighted by Crippen LogP contribution is -2.29. The zero-order valence-corrected chi connectivity index (χ0v) is 10.7. The number of rotatable bonds is 1. The highest BCUT2D eigenvalue weighted by atomic mass is 32.2. The molecular weight excluding hydrogens is 206 g/mol. The number of thioether (sulfide) groups is 1. The smallest absolute Gasteiger partial charge is 0.0828 e. The van der Waals surface area contributed by atoms with Crippen LogP contribution >= 0.6 is 11.8 Å². The molecule has 1 fully saturated rings. The normalized spacial score (nSPS) is 26.9. The number of aryl methyl sites for hydroxylation is 2. The molecule has 3 nitrogen and oxygen atoms in total. The molecule has 4 heteroatoms. The predicted molar refractivity (Wildman–Crippen MR) is 65.1 cm³/mol. The van der Waals surface area contributed by atoms with Crippen molar-refractivity contribution in [2.24, 2.45) is 7.05 Å². The molecule has 1 saturated heterocycles. The van der Waals surface area contributed by atoms with Crippen molar-refractivity contribution in [3.63, 3.8) is 0 Å². The van der Waals surface area contributed by atoms with E-state index in [0.717, 1.165) is 17.5 Å². The number of nitrogens with one attached hydrogen (secondary N) is 1. The minimum absolute atomic E-state index is 0.433. The third-order valence-electron chi connectivity index (χ3n) is 3.08. The van der Waals surface area contributed by atoms with Gasteiger partial charge in [0.1, 0.15) is 0 Å². The van der Waals surface area contributed by atoms with Crippen LogP contribution in [0.2, 0.25) is 0 Å². The first-order chi connectivity index (χ1) is 7.09. The number of nitrogens with zero attached hydrogens (tertiary/aromatic N) is 2. The van der Waals surface area contributed by atoms with Gasteiger partial charge in [0.2, 0.25) is 0 Å². The van der Waals surface area contributed by atoms with E-state index in [1.165, 1.54) is 17.7 Å². The highest BCUT2D eigenvalue weighted by Gasteiger charge is 2.25. The maximum absolute atomic E-state index is 4.47. The van der Waals surface area contributed by atoms with Gasteiger partial charge in [-0.05, 0) is 26.8 Å². The van der Waals surface area contributed by atoms with E-state index >= 15 is 0 Å². The summed E-state index contributed by atoms with van der Waals surface area (Å²) in [6, 6.07) is 0. The summed E-state index contributed by atoms with van der Waals surface area (Å²) in [5, 5.41) is 9.22. The van der Waals surface area contributed by atoms with Gasteiger partial charge in [0, 0.05) is 23.6 Å². The van der Waals surface area contributed by atoms with E-state index in [-0.39, 0.29) is 0 Å². The van der Waals surface area contributed by atoms with Crippen molar-refractivity contribution in [3.8, 4) is 0 Å². The molecule has 0 radical (unpaired) electrons. The summed E-state index contributed by atoms with van der Waals surface area (Å²) in [5.41, 5.74) is 3.83. The molecule has 2 rings (SSSR count). The van der Waals surface area contributed by atoms with Crippen LogP contribution in [0.1, 0.15) is 35.7 Å². The van der Waals surface area contributed by atoms with Crippen molar-refractivity contribution in [3.05, 3.63) is 17.0 Å². The highest BCUT2D eigenvalue weighted by Crippen LogP contribution is 2.36. The first kappa shape index (κ1) is 11.0. The maximum Gasteiger partial charge on any atom is 0.0828 e. The third kappa shape index (κ3) is 2.06. The largest absolute Gasteiger partial charge is 0.301 e. The molecule has 15 heavy (non-hydrogen) atoms. The lowest BCUT2D eigenvalue weighted by Gasteiger charge is -2.28. The Morgan fingerprint density at radius 3 is 2.73 bits per heavy atom. The SMILES string of the molecule is Cc1nn(C)c(C)c1C1NCCC(C)S1. The van der Waals surface area contributed by atoms with Gasteiger partial charge in [-0.25, -0.2) is 0 Å². The molecule has 0 aliphatic carbocycles. The Bertz CT molecular complexity index is 359. The van der Waals surface area contributed by atoms with Gasteiger partial charge >= 0.3 is 0 Å². The zero-order valence-electron chi connectivity index (χ0n) is 9.87. The van der Waals surface area contributed by atoms with Crippen LogP contribution in [0, 0.1) is 13.8 Å². The zero-order chi connectivity index (χ0) is 11.0. The lowest BCUT2D eigenvalue weighted by atomic mass is 10.2. The Morgan fingerprint density at radius 2 is 2.20 bits per heavy atom. The summed E-state index contributed by atoms with van der Waals surface area (Å²) in [6.45, 7) is 7.67. The minimum atomic E-state index is 0.433. The summed E-state index contributed by atoms with van der Waals surface area (Å²) in [7, 11) is 2.02. The van der Waals surface area contributed by atoms with Crippen LogP contribution in [0.25, 0.3) is 0 Å². The van der Waals surface area contributed by atoms with Crippen molar-refractivity contribution < 1.29 is 0 Å². The molecule has 2 atom stereocenters. The van der Waals surface area contributed by atoms with Gasteiger partial charge in [-0.15, -0.1) is 11.8 Å². The minimum Gasteiger partial charge on any atom is -0.301 e. The Morgan fingerprint density at radius 1 is 1.47 bits per heavy atom. The van der Waals surface area contributed by atoms with Crippen molar-refractivity contribution in [2.75, 3.05) is 6.54 Å². The summed E-state index contributed by atoms with van der Waals surface area (Å²) < 4.78 is 1.98. The Hall–Kier alpha value is -0.480. The van der Waals surface area contributed by atoms with Crippen LogP contribution in [0.3, 0.4) is 0 Å². The second kappa shape index (κ2) is 4.18. The summed E-state index contributed by atoms with van der Waals surface area (Å²) in [6.07, 6.45) is 1.26. The van der Waals surface area contributed by atoms with Crippen molar-refractivity contribution >= 4 is 11.8 Å². The van der Waals surface area contributed by atoms with E-state index in [0.29, 0.717) is 5.37 Å². The number of hydrogen-bond donors (Lipinski definition) is 1. The molecule has 0 spiro atoms. The summed E-state index contributed by atoms with van der Waals surface area (Å²) >= 11 is 2.02. The van der Waals surface area contributed by atoms with Crippen LogP contribution < -0.4 is 5.32 Å². The molecular formula is C11H19N3S. The van der Waals surface area contributed by atoms with Gasteiger partial charge in [0.05, 0.1) is 11.1 Å². The Kier molecular flexibility index (Phi) is 3.07. The summed E-state index contributed by atoms with van der Waals surface area (Å²) in [5.74, 6) is 0. The molecule has 0 aromatic carbocycles. The molecule has 84 valence electrons. The highest BCUT2D eigenvalue weighted by molar-refractivity contribution is 8.00. The van der Waals surface area contributed by atoms with Crippen molar-refractivity contribution in [1.82, 2.24) is 15.1 Å². The molecule has 2 unspecified atom stereocenters. The quantitative estimate of drug-likeness (QED) is 0.794. The van der Waals surface area contributed by atoms with Crippen molar-refractivity contribution in [2.45, 2.75) is 37.8 Å². The molecule has 1 aliphatic heterocycles.